The summed E-state index contributed by atoms with van der Waals surface area (Å²) in [6.07, 6.45) is 8.49. The summed E-state index contributed by atoms with van der Waals surface area (Å²) < 4.78 is 24.0. The topological polar surface area (TPSA) is 93.0 Å². The van der Waals surface area contributed by atoms with Crippen molar-refractivity contribution in [3.63, 3.8) is 0 Å². The summed E-state index contributed by atoms with van der Waals surface area (Å²) in [7, 11) is -3.30. The smallest absolute Gasteiger partial charge is 0.175 e. The molecule has 0 aliphatic rings. The lowest BCUT2D eigenvalue weighted by molar-refractivity contribution is 0.102. The second-order valence-corrected chi connectivity index (χ2v) is 13.6. The predicted octanol–water partition coefficient (Wildman–Crippen LogP) is 7.06. The second-order valence-electron chi connectivity index (χ2n) is 9.83. The lowest BCUT2D eigenvalue weighted by atomic mass is 9.90. The maximum absolute atomic E-state index is 12.0. The molecule has 1 N–H and O–H groups in total. The van der Waals surface area contributed by atoms with Gasteiger partial charge in [0, 0.05) is 52.1 Å². The van der Waals surface area contributed by atoms with Crippen molar-refractivity contribution in [3.8, 4) is 11.1 Å². The highest BCUT2D eigenvalue weighted by Gasteiger charge is 2.29. The van der Waals surface area contributed by atoms with Crippen LogP contribution in [0.5, 0.6) is 0 Å². The molecule has 6 rings (SSSR count). The van der Waals surface area contributed by atoms with Crippen LogP contribution in [0.25, 0.3) is 33.7 Å². The molecule has 204 valence electrons. The molecule has 3 heterocycles. The van der Waals surface area contributed by atoms with Gasteiger partial charge in [-0.1, -0.05) is 36.4 Å². The molecule has 0 fully saturated rings. The molecular weight excluding hydrogens is 571 g/mol. The Bertz CT molecular complexity index is 1980. The van der Waals surface area contributed by atoms with Gasteiger partial charge in [-0.2, -0.15) is 0 Å². The summed E-state index contributed by atoms with van der Waals surface area (Å²) in [4.78, 5) is 13.9. The predicted molar refractivity (Wildman–Crippen MR) is 167 cm³/mol. The van der Waals surface area contributed by atoms with Crippen molar-refractivity contribution >= 4 is 55.1 Å². The van der Waals surface area contributed by atoms with Crippen molar-refractivity contribution in [2.45, 2.75) is 17.4 Å². The molecule has 3 aromatic carbocycles. The molecule has 0 bridgehead atoms. The summed E-state index contributed by atoms with van der Waals surface area (Å²) in [6, 6.07) is 22.9. The van der Waals surface area contributed by atoms with E-state index < -0.39 is 15.4 Å². The van der Waals surface area contributed by atoms with E-state index >= 15 is 0 Å². The Morgan fingerprint density at radius 3 is 2.37 bits per heavy atom. The highest BCUT2D eigenvalue weighted by Crippen LogP contribution is 2.37. The van der Waals surface area contributed by atoms with E-state index in [9.17, 15) is 13.5 Å². The van der Waals surface area contributed by atoms with Crippen molar-refractivity contribution in [1.82, 2.24) is 15.0 Å². The van der Waals surface area contributed by atoms with Crippen molar-refractivity contribution < 1.29 is 13.5 Å². The zero-order valence-corrected chi connectivity index (χ0v) is 24.7. The number of hydrogen-bond donors (Lipinski definition) is 1. The Morgan fingerprint density at radius 1 is 0.878 bits per heavy atom. The molecule has 6 aromatic rings. The van der Waals surface area contributed by atoms with Crippen LogP contribution >= 0.6 is 22.7 Å². The van der Waals surface area contributed by atoms with E-state index in [2.05, 4.69) is 27.1 Å². The Labute approximate surface area is 246 Å². The Morgan fingerprint density at radius 2 is 1.66 bits per heavy atom. The molecule has 6 nitrogen and oxygen atoms in total. The fraction of sp³-hybridized carbons (Fsp3) is 0.0938. The highest BCUT2D eigenvalue weighted by atomic mass is 32.2. The van der Waals surface area contributed by atoms with Gasteiger partial charge in [-0.25, -0.2) is 18.4 Å². The summed E-state index contributed by atoms with van der Waals surface area (Å²) in [5, 5.41) is 17.7. The van der Waals surface area contributed by atoms with Crippen LogP contribution in [0.3, 0.4) is 0 Å². The standard InChI is InChI=1S/C32H25N3O3S3/c1-32(36,31-35-14-16-40-31)25-19-24-7-4-12-33-29(24)27(20-25)23-6-3-5-21(17-23)18-28(30-34-13-15-39-30)22-8-10-26(11-9-22)41(2,37)38/h3-20,36H,1-2H3/b28-18-. The number of hydrogen-bond acceptors (Lipinski definition) is 8. The van der Waals surface area contributed by atoms with Crippen LogP contribution in [0, 0.1) is 0 Å². The molecule has 0 amide bonds. The van der Waals surface area contributed by atoms with Crippen LogP contribution in [-0.2, 0) is 15.4 Å². The zero-order chi connectivity index (χ0) is 28.6. The van der Waals surface area contributed by atoms with Crippen molar-refractivity contribution in [2.24, 2.45) is 0 Å². The maximum atomic E-state index is 12.0. The zero-order valence-electron chi connectivity index (χ0n) is 22.2. The largest absolute Gasteiger partial charge is 0.378 e. The number of nitrogens with zero attached hydrogens (tertiary/aromatic N) is 3. The Kier molecular flexibility index (Phi) is 7.13. The summed E-state index contributed by atoms with van der Waals surface area (Å²) in [5.74, 6) is 0. The Hall–Kier alpha value is -4.02. The number of sulfone groups is 1. The first kappa shape index (κ1) is 27.2. The van der Waals surface area contributed by atoms with Crippen LogP contribution in [0.4, 0.5) is 0 Å². The Balaban J connectivity index is 1.48. The normalized spacial score (nSPS) is 13.8. The summed E-state index contributed by atoms with van der Waals surface area (Å²) >= 11 is 2.94. The monoisotopic (exact) mass is 595 g/mol. The molecule has 9 heteroatoms. The first-order chi connectivity index (χ1) is 19.7. The van der Waals surface area contributed by atoms with Crippen LogP contribution in [-0.4, -0.2) is 34.7 Å². The van der Waals surface area contributed by atoms with Gasteiger partial charge in [0.2, 0.25) is 0 Å². The van der Waals surface area contributed by atoms with E-state index in [4.69, 9.17) is 0 Å². The minimum Gasteiger partial charge on any atom is -0.378 e. The molecule has 0 spiro atoms. The summed E-state index contributed by atoms with van der Waals surface area (Å²) in [6.45, 7) is 1.77. The molecule has 0 saturated heterocycles. The van der Waals surface area contributed by atoms with E-state index in [1.807, 2.05) is 65.4 Å². The first-order valence-electron chi connectivity index (χ1n) is 12.7. The van der Waals surface area contributed by atoms with Gasteiger partial charge in [0.05, 0.1) is 10.4 Å². The van der Waals surface area contributed by atoms with E-state index in [-0.39, 0.29) is 4.90 Å². The molecule has 3 aromatic heterocycles. The third-order valence-electron chi connectivity index (χ3n) is 6.88. The van der Waals surface area contributed by atoms with Crippen LogP contribution in [0.2, 0.25) is 0 Å². The molecule has 0 aliphatic heterocycles. The van der Waals surface area contributed by atoms with Gasteiger partial charge in [-0.3, -0.25) is 4.98 Å². The minimum absolute atomic E-state index is 0.273. The summed E-state index contributed by atoms with van der Waals surface area (Å²) in [5.41, 5.74) is 4.86. The highest BCUT2D eigenvalue weighted by molar-refractivity contribution is 7.90. The molecular formula is C32H25N3O3S3. The van der Waals surface area contributed by atoms with Gasteiger partial charge in [0.1, 0.15) is 15.6 Å². The van der Waals surface area contributed by atoms with Crippen molar-refractivity contribution in [1.29, 1.82) is 0 Å². The number of pyridine rings is 1. The molecule has 0 aliphatic carbocycles. The van der Waals surface area contributed by atoms with Gasteiger partial charge in [0.25, 0.3) is 0 Å². The van der Waals surface area contributed by atoms with E-state index in [0.29, 0.717) is 5.01 Å². The molecule has 0 saturated carbocycles. The number of rotatable bonds is 7. The average molecular weight is 596 g/mol. The molecule has 41 heavy (non-hydrogen) atoms. The third-order valence-corrected chi connectivity index (χ3v) is 9.80. The second kappa shape index (κ2) is 10.8. The maximum Gasteiger partial charge on any atom is 0.175 e. The fourth-order valence-electron chi connectivity index (χ4n) is 4.75. The van der Waals surface area contributed by atoms with Crippen LogP contribution < -0.4 is 0 Å². The SMILES string of the molecule is CC(O)(c1cc(-c2cccc(/C=C(/c3ccc(S(C)(=O)=O)cc3)c3nccs3)c2)c2ncccc2c1)c1nccs1. The molecule has 0 radical (unpaired) electrons. The van der Waals surface area contributed by atoms with Gasteiger partial charge >= 0.3 is 0 Å². The minimum atomic E-state index is -3.30. The van der Waals surface area contributed by atoms with E-state index in [1.165, 1.54) is 28.9 Å². The van der Waals surface area contributed by atoms with Crippen molar-refractivity contribution in [3.05, 3.63) is 129 Å². The van der Waals surface area contributed by atoms with Gasteiger partial charge < -0.3 is 5.11 Å². The van der Waals surface area contributed by atoms with Gasteiger partial charge in [-0.15, -0.1) is 22.7 Å². The van der Waals surface area contributed by atoms with E-state index in [0.717, 1.165) is 49.3 Å². The average Bonchev–Trinajstić information content (AvgIpc) is 3.71. The number of aromatic nitrogens is 3. The van der Waals surface area contributed by atoms with Crippen LogP contribution in [0.15, 0.2) is 107 Å². The first-order valence-corrected chi connectivity index (χ1v) is 16.4. The van der Waals surface area contributed by atoms with Crippen molar-refractivity contribution in [2.75, 3.05) is 6.26 Å². The number of thiazole rings is 2. The van der Waals surface area contributed by atoms with Gasteiger partial charge in [0.15, 0.2) is 9.84 Å². The molecule has 1 atom stereocenters. The van der Waals surface area contributed by atoms with E-state index in [1.54, 1.807) is 37.6 Å². The lowest BCUT2D eigenvalue weighted by Gasteiger charge is -2.23. The number of aliphatic hydroxyl groups is 1. The quantitative estimate of drug-likeness (QED) is 0.199. The lowest BCUT2D eigenvalue weighted by Crippen LogP contribution is -2.22. The number of fused-ring (bicyclic) bond motifs is 1. The van der Waals surface area contributed by atoms with Crippen LogP contribution in [0.1, 0.15) is 33.6 Å². The molecule has 1 unspecified atom stereocenters. The number of benzene rings is 3. The fourth-order valence-corrected chi connectivity index (χ4v) is 6.78. The van der Waals surface area contributed by atoms with Gasteiger partial charge in [-0.05, 0) is 71.7 Å². The third kappa shape index (κ3) is 5.49.